The number of pyridine rings is 1. The number of nitrogens with one attached hydrogen (secondary N) is 2. The van der Waals surface area contributed by atoms with E-state index in [-0.39, 0.29) is 39.5 Å². The van der Waals surface area contributed by atoms with E-state index in [2.05, 4.69) is 20.5 Å². The van der Waals surface area contributed by atoms with Gasteiger partial charge in [0.2, 0.25) is 0 Å². The molecule has 32 heavy (non-hydrogen) atoms. The van der Waals surface area contributed by atoms with Crippen molar-refractivity contribution in [1.82, 2.24) is 15.2 Å². The molecular formula is C21H11F4N5O2. The number of hydrogen-bond acceptors (Lipinski definition) is 5. The molecule has 0 aliphatic heterocycles. The largest absolute Gasteiger partial charge is 0.457 e. The summed E-state index contributed by atoms with van der Waals surface area (Å²) >= 11 is 0. The van der Waals surface area contributed by atoms with Crippen LogP contribution in [0.1, 0.15) is 21.7 Å². The van der Waals surface area contributed by atoms with Crippen molar-refractivity contribution in [1.29, 1.82) is 5.26 Å². The Labute approximate surface area is 177 Å². The predicted molar refractivity (Wildman–Crippen MR) is 104 cm³/mol. The van der Waals surface area contributed by atoms with Crippen LogP contribution in [0.15, 0.2) is 54.7 Å². The number of ether oxygens (including phenoxy) is 1. The van der Waals surface area contributed by atoms with Gasteiger partial charge in [-0.25, -0.2) is 9.37 Å². The van der Waals surface area contributed by atoms with Gasteiger partial charge >= 0.3 is 6.18 Å². The second-order valence-corrected chi connectivity index (χ2v) is 6.52. The third-order valence-corrected chi connectivity index (χ3v) is 4.38. The number of aromatic amines is 1. The zero-order valence-corrected chi connectivity index (χ0v) is 15.9. The first-order chi connectivity index (χ1) is 15.2. The van der Waals surface area contributed by atoms with E-state index in [1.165, 1.54) is 30.5 Å². The number of halogens is 4. The van der Waals surface area contributed by atoms with E-state index < -0.39 is 23.5 Å². The molecular weight excluding hydrogens is 430 g/mol. The lowest BCUT2D eigenvalue weighted by atomic mass is 10.1. The van der Waals surface area contributed by atoms with Crippen molar-refractivity contribution >= 4 is 22.5 Å². The minimum absolute atomic E-state index is 0.0522. The number of hydrogen-bond donors (Lipinski definition) is 2. The molecule has 2 aromatic heterocycles. The molecule has 2 N–H and O–H groups in total. The number of rotatable bonds is 4. The Bertz CT molecular complexity index is 1370. The molecule has 0 spiro atoms. The smallest absolute Gasteiger partial charge is 0.416 e. The summed E-state index contributed by atoms with van der Waals surface area (Å²) in [5.74, 6) is -1.39. The third kappa shape index (κ3) is 4.20. The second-order valence-electron chi connectivity index (χ2n) is 6.52. The highest BCUT2D eigenvalue weighted by Crippen LogP contribution is 2.32. The van der Waals surface area contributed by atoms with Gasteiger partial charge in [-0.3, -0.25) is 9.89 Å². The Kier molecular flexibility index (Phi) is 5.19. The van der Waals surface area contributed by atoms with E-state index in [1.807, 2.05) is 6.07 Å². The Morgan fingerprint density at radius 1 is 1.09 bits per heavy atom. The van der Waals surface area contributed by atoms with Gasteiger partial charge in [0.15, 0.2) is 5.69 Å². The van der Waals surface area contributed by atoms with Crippen molar-refractivity contribution < 1.29 is 27.1 Å². The van der Waals surface area contributed by atoms with Gasteiger partial charge in [-0.1, -0.05) is 0 Å². The van der Waals surface area contributed by atoms with Crippen LogP contribution in [-0.4, -0.2) is 21.1 Å². The number of carbonyl (C=O) groups is 1. The fraction of sp³-hybridized carbons (Fsp3) is 0.0476. The molecule has 2 heterocycles. The first kappa shape index (κ1) is 20.8. The number of benzene rings is 2. The molecule has 0 saturated heterocycles. The van der Waals surface area contributed by atoms with Crippen LogP contribution < -0.4 is 10.1 Å². The molecule has 7 nitrogen and oxygen atoms in total. The van der Waals surface area contributed by atoms with Crippen molar-refractivity contribution in [3.63, 3.8) is 0 Å². The van der Waals surface area contributed by atoms with Crippen LogP contribution in [0.5, 0.6) is 11.5 Å². The van der Waals surface area contributed by atoms with Gasteiger partial charge < -0.3 is 10.1 Å². The Morgan fingerprint density at radius 3 is 2.59 bits per heavy atom. The number of fused-ring (bicyclic) bond motifs is 1. The van der Waals surface area contributed by atoms with Crippen LogP contribution in [0.4, 0.5) is 23.2 Å². The topological polar surface area (TPSA) is 104 Å². The van der Waals surface area contributed by atoms with E-state index in [4.69, 9.17) is 10.00 Å². The molecule has 160 valence electrons. The van der Waals surface area contributed by atoms with E-state index >= 15 is 0 Å². The summed E-state index contributed by atoms with van der Waals surface area (Å²) in [4.78, 5) is 16.3. The van der Waals surface area contributed by atoms with Gasteiger partial charge in [-0.15, -0.1) is 0 Å². The van der Waals surface area contributed by atoms with Gasteiger partial charge in [0, 0.05) is 23.7 Å². The summed E-state index contributed by atoms with van der Waals surface area (Å²) in [6, 6.07) is 11.1. The molecule has 0 aliphatic carbocycles. The van der Waals surface area contributed by atoms with Gasteiger partial charge in [0.1, 0.15) is 29.1 Å². The van der Waals surface area contributed by atoms with Crippen LogP contribution in [0.3, 0.4) is 0 Å². The van der Waals surface area contributed by atoms with Gasteiger partial charge in [0.25, 0.3) is 5.91 Å². The summed E-state index contributed by atoms with van der Waals surface area (Å²) in [6.07, 6.45) is -3.23. The number of H-pyrrole nitrogens is 1. The molecule has 0 fully saturated rings. The third-order valence-electron chi connectivity index (χ3n) is 4.38. The molecule has 0 radical (unpaired) electrons. The summed E-state index contributed by atoms with van der Waals surface area (Å²) in [5, 5.41) is 17.3. The minimum Gasteiger partial charge on any atom is -0.457 e. The number of nitrogens with zero attached hydrogens (tertiary/aromatic N) is 3. The summed E-state index contributed by atoms with van der Waals surface area (Å²) in [6.45, 7) is 0. The summed E-state index contributed by atoms with van der Waals surface area (Å²) < 4.78 is 58.9. The maximum atomic E-state index is 14.5. The number of amides is 1. The highest BCUT2D eigenvalue weighted by molar-refractivity contribution is 6.11. The zero-order valence-electron chi connectivity index (χ0n) is 15.9. The lowest BCUT2D eigenvalue weighted by molar-refractivity contribution is -0.137. The molecule has 4 aromatic rings. The van der Waals surface area contributed by atoms with E-state index in [0.29, 0.717) is 0 Å². The summed E-state index contributed by atoms with van der Waals surface area (Å²) in [7, 11) is 0. The van der Waals surface area contributed by atoms with E-state index in [9.17, 15) is 22.4 Å². The van der Waals surface area contributed by atoms with E-state index in [0.717, 1.165) is 24.3 Å². The molecule has 0 unspecified atom stereocenters. The highest BCUT2D eigenvalue weighted by atomic mass is 19.4. The molecule has 0 bridgehead atoms. The van der Waals surface area contributed by atoms with Crippen molar-refractivity contribution in [2.24, 2.45) is 0 Å². The standard InChI is InChI=1S/C21H11F4N5O2/c22-16-9-13(32-14-5-6-27-12(8-14)10-26)2-4-18(16)28-20(31)19-15-7-11(21(23,24)25)1-3-17(15)29-30-19/h1-9H,(H,28,31)(H,29,30). The van der Waals surface area contributed by atoms with Crippen LogP contribution in [-0.2, 0) is 6.18 Å². The van der Waals surface area contributed by atoms with Crippen molar-refractivity contribution in [2.45, 2.75) is 6.18 Å². The normalized spacial score (nSPS) is 11.2. The number of aromatic nitrogens is 3. The number of carbonyl (C=O) groups excluding carboxylic acids is 1. The van der Waals surface area contributed by atoms with Gasteiger partial charge in [-0.2, -0.15) is 23.5 Å². The van der Waals surface area contributed by atoms with Crippen molar-refractivity contribution in [2.75, 3.05) is 5.32 Å². The predicted octanol–water partition coefficient (Wildman–Crippen LogP) is 5.03. The molecule has 11 heteroatoms. The fourth-order valence-electron chi connectivity index (χ4n) is 2.88. The van der Waals surface area contributed by atoms with Crippen molar-refractivity contribution in [3.8, 4) is 17.6 Å². The number of anilines is 1. The molecule has 0 atom stereocenters. The average Bonchev–Trinajstić information content (AvgIpc) is 3.18. The fourth-order valence-corrected chi connectivity index (χ4v) is 2.88. The Hall–Kier alpha value is -4.46. The molecule has 2 aromatic carbocycles. The van der Waals surface area contributed by atoms with E-state index in [1.54, 1.807) is 0 Å². The SMILES string of the molecule is N#Cc1cc(Oc2ccc(NC(=O)c3n[nH]c4ccc(C(F)(F)F)cc34)c(F)c2)ccn1. The lowest BCUT2D eigenvalue weighted by Crippen LogP contribution is -2.14. The van der Waals surface area contributed by atoms with Crippen LogP contribution in [0.25, 0.3) is 10.9 Å². The number of nitriles is 1. The lowest BCUT2D eigenvalue weighted by Gasteiger charge is -2.09. The molecule has 4 rings (SSSR count). The first-order valence-electron chi connectivity index (χ1n) is 8.95. The first-order valence-corrected chi connectivity index (χ1v) is 8.95. The van der Waals surface area contributed by atoms with Crippen LogP contribution in [0, 0.1) is 17.1 Å². The van der Waals surface area contributed by atoms with Crippen LogP contribution in [0.2, 0.25) is 0 Å². The monoisotopic (exact) mass is 441 g/mol. The van der Waals surface area contributed by atoms with Gasteiger partial charge in [-0.05, 0) is 36.4 Å². The maximum absolute atomic E-state index is 14.5. The highest BCUT2D eigenvalue weighted by Gasteiger charge is 2.31. The molecule has 0 aliphatic rings. The minimum atomic E-state index is -4.59. The number of alkyl halides is 3. The maximum Gasteiger partial charge on any atom is 0.416 e. The molecule has 1 amide bonds. The average molecular weight is 441 g/mol. The van der Waals surface area contributed by atoms with Gasteiger partial charge in [0.05, 0.1) is 16.8 Å². The van der Waals surface area contributed by atoms with Crippen molar-refractivity contribution in [3.05, 3.63) is 77.5 Å². The summed E-state index contributed by atoms with van der Waals surface area (Å²) in [5.41, 5.74) is -1.14. The molecule has 0 saturated carbocycles. The Morgan fingerprint density at radius 2 is 1.88 bits per heavy atom. The quantitative estimate of drug-likeness (QED) is 0.432. The van der Waals surface area contributed by atoms with Crippen LogP contribution >= 0.6 is 0 Å². The zero-order chi connectivity index (χ0) is 22.9. The second kappa shape index (κ2) is 7.99. The Balaban J connectivity index is 1.55.